The number of hydrogen-bond acceptors (Lipinski definition) is 5. The quantitative estimate of drug-likeness (QED) is 0.471. The largest absolute Gasteiger partial charge is 0.497 e. The first-order chi connectivity index (χ1) is 14.1. The van der Waals surface area contributed by atoms with E-state index in [9.17, 15) is 0 Å². The molecule has 0 aliphatic heterocycles. The fourth-order valence-corrected chi connectivity index (χ4v) is 2.88. The van der Waals surface area contributed by atoms with Gasteiger partial charge in [0.05, 0.1) is 35.0 Å². The highest BCUT2D eigenvalue weighted by Crippen LogP contribution is 2.27. The van der Waals surface area contributed by atoms with Crippen LogP contribution in [0.15, 0.2) is 41.4 Å². The van der Waals surface area contributed by atoms with E-state index in [-0.39, 0.29) is 0 Å². The molecule has 2 aromatic carbocycles. The summed E-state index contributed by atoms with van der Waals surface area (Å²) < 4.78 is 21.4. The summed E-state index contributed by atoms with van der Waals surface area (Å²) in [6.45, 7) is 4.05. The third-order valence-corrected chi connectivity index (χ3v) is 4.39. The molecule has 7 nitrogen and oxygen atoms in total. The molecule has 2 aromatic rings. The molecule has 0 radical (unpaired) electrons. The Kier molecular flexibility index (Phi) is 8.95. The maximum absolute atomic E-state index is 5.44. The Morgan fingerprint density at radius 3 is 2.21 bits per heavy atom. The van der Waals surface area contributed by atoms with Gasteiger partial charge in [-0.25, -0.2) is 4.99 Å². The van der Waals surface area contributed by atoms with E-state index in [1.165, 1.54) is 0 Å². The van der Waals surface area contributed by atoms with Gasteiger partial charge in [-0.3, -0.25) is 0 Å². The van der Waals surface area contributed by atoms with Crippen LogP contribution in [0, 0.1) is 0 Å². The van der Waals surface area contributed by atoms with Crippen molar-refractivity contribution in [2.75, 3.05) is 41.5 Å². The predicted molar refractivity (Wildman–Crippen MR) is 116 cm³/mol. The van der Waals surface area contributed by atoms with Crippen molar-refractivity contribution in [1.82, 2.24) is 10.6 Å². The lowest BCUT2D eigenvalue weighted by atomic mass is 10.1. The van der Waals surface area contributed by atoms with E-state index >= 15 is 0 Å². The van der Waals surface area contributed by atoms with Crippen LogP contribution in [0.25, 0.3) is 0 Å². The van der Waals surface area contributed by atoms with Gasteiger partial charge in [-0.2, -0.15) is 0 Å². The molecule has 0 heterocycles. The number of methoxy groups -OCH3 is 4. The Morgan fingerprint density at radius 2 is 1.55 bits per heavy atom. The lowest BCUT2D eigenvalue weighted by Gasteiger charge is -2.14. The van der Waals surface area contributed by atoms with Crippen LogP contribution in [0.4, 0.5) is 0 Å². The van der Waals surface area contributed by atoms with Crippen LogP contribution in [0.1, 0.15) is 18.1 Å². The summed E-state index contributed by atoms with van der Waals surface area (Å²) >= 11 is 0. The molecule has 29 heavy (non-hydrogen) atoms. The summed E-state index contributed by atoms with van der Waals surface area (Å²) in [7, 11) is 6.59. The Bertz CT molecular complexity index is 809. The topological polar surface area (TPSA) is 73.3 Å². The van der Waals surface area contributed by atoms with Gasteiger partial charge in [0.2, 0.25) is 0 Å². The maximum atomic E-state index is 5.44. The summed E-state index contributed by atoms with van der Waals surface area (Å²) in [4.78, 5) is 4.66. The van der Waals surface area contributed by atoms with Crippen molar-refractivity contribution >= 4 is 5.96 Å². The van der Waals surface area contributed by atoms with E-state index < -0.39 is 0 Å². The molecule has 0 aliphatic carbocycles. The van der Waals surface area contributed by atoms with Gasteiger partial charge >= 0.3 is 0 Å². The molecule has 0 atom stereocenters. The van der Waals surface area contributed by atoms with Crippen LogP contribution in [-0.2, 0) is 13.0 Å². The molecule has 0 aromatic heterocycles. The summed E-state index contributed by atoms with van der Waals surface area (Å²) in [5, 5.41) is 6.63. The molecule has 0 amide bonds. The smallest absolute Gasteiger partial charge is 0.191 e. The molecule has 0 unspecified atom stereocenters. The minimum atomic E-state index is 0.526. The number of benzene rings is 2. The number of aliphatic imine (C=N–C) groups is 1. The zero-order valence-electron chi connectivity index (χ0n) is 17.9. The third-order valence-electron chi connectivity index (χ3n) is 4.39. The van der Waals surface area contributed by atoms with Crippen LogP contribution in [0.2, 0.25) is 0 Å². The molecule has 0 spiro atoms. The standard InChI is InChI=1S/C22H31N3O4/c1-6-23-22(25-15-16-7-9-20(28-4)21(13-16)29-5)24-12-11-17-14-18(26-2)8-10-19(17)27-3/h7-10,13-14H,6,11-12,15H2,1-5H3,(H2,23,24,25). The normalized spacial score (nSPS) is 11.0. The predicted octanol–water partition coefficient (Wildman–Crippen LogP) is 3.02. The van der Waals surface area contributed by atoms with Crippen molar-refractivity contribution in [3.63, 3.8) is 0 Å². The molecule has 0 saturated heterocycles. The van der Waals surface area contributed by atoms with Crippen molar-refractivity contribution in [2.24, 2.45) is 4.99 Å². The third kappa shape index (κ3) is 6.48. The minimum Gasteiger partial charge on any atom is -0.497 e. The fourth-order valence-electron chi connectivity index (χ4n) is 2.88. The molecule has 2 N–H and O–H groups in total. The van der Waals surface area contributed by atoms with Gasteiger partial charge in [-0.05, 0) is 54.8 Å². The van der Waals surface area contributed by atoms with Crippen molar-refractivity contribution < 1.29 is 18.9 Å². The van der Waals surface area contributed by atoms with Crippen LogP contribution in [0.5, 0.6) is 23.0 Å². The second-order valence-corrected chi connectivity index (χ2v) is 6.24. The highest BCUT2D eigenvalue weighted by atomic mass is 16.5. The van der Waals surface area contributed by atoms with Gasteiger partial charge in [-0.1, -0.05) is 6.07 Å². The van der Waals surface area contributed by atoms with Crippen molar-refractivity contribution in [3.05, 3.63) is 47.5 Å². The van der Waals surface area contributed by atoms with Gasteiger partial charge < -0.3 is 29.6 Å². The van der Waals surface area contributed by atoms with Gasteiger partial charge in [-0.15, -0.1) is 0 Å². The summed E-state index contributed by atoms with van der Waals surface area (Å²) in [6, 6.07) is 11.6. The van der Waals surface area contributed by atoms with Gasteiger partial charge in [0, 0.05) is 13.1 Å². The van der Waals surface area contributed by atoms with Crippen molar-refractivity contribution in [2.45, 2.75) is 19.9 Å². The highest BCUT2D eigenvalue weighted by Gasteiger charge is 2.07. The Morgan fingerprint density at radius 1 is 0.828 bits per heavy atom. The van der Waals surface area contributed by atoms with Crippen LogP contribution in [0.3, 0.4) is 0 Å². The molecule has 158 valence electrons. The lowest BCUT2D eigenvalue weighted by molar-refractivity contribution is 0.354. The molecule has 7 heteroatoms. The fraction of sp³-hybridized carbons (Fsp3) is 0.409. The van der Waals surface area contributed by atoms with Gasteiger partial charge in [0.1, 0.15) is 11.5 Å². The van der Waals surface area contributed by atoms with Crippen molar-refractivity contribution in [3.8, 4) is 23.0 Å². The average Bonchev–Trinajstić information content (AvgIpc) is 2.76. The Balaban J connectivity index is 2.01. The van der Waals surface area contributed by atoms with E-state index in [0.29, 0.717) is 24.6 Å². The summed E-state index contributed by atoms with van der Waals surface area (Å²) in [6.07, 6.45) is 0.779. The molecular weight excluding hydrogens is 370 g/mol. The van der Waals surface area contributed by atoms with Gasteiger partial charge in [0.25, 0.3) is 0 Å². The number of ether oxygens (including phenoxy) is 4. The second-order valence-electron chi connectivity index (χ2n) is 6.24. The molecule has 0 saturated carbocycles. The van der Waals surface area contributed by atoms with E-state index in [0.717, 1.165) is 41.6 Å². The van der Waals surface area contributed by atoms with Crippen LogP contribution in [-0.4, -0.2) is 47.5 Å². The first kappa shape index (κ1) is 22.2. The number of nitrogens with one attached hydrogen (secondary N) is 2. The second kappa shape index (κ2) is 11.7. The SMILES string of the molecule is CCNC(=NCc1ccc(OC)c(OC)c1)NCCc1cc(OC)ccc1OC. The molecule has 0 bridgehead atoms. The minimum absolute atomic E-state index is 0.526. The molecule has 0 fully saturated rings. The molecule has 2 rings (SSSR count). The van der Waals surface area contributed by atoms with E-state index in [2.05, 4.69) is 15.6 Å². The summed E-state index contributed by atoms with van der Waals surface area (Å²) in [5.74, 6) is 3.82. The highest BCUT2D eigenvalue weighted by molar-refractivity contribution is 5.79. The van der Waals surface area contributed by atoms with Gasteiger partial charge in [0.15, 0.2) is 17.5 Å². The maximum Gasteiger partial charge on any atom is 0.191 e. The van der Waals surface area contributed by atoms with Crippen LogP contribution >= 0.6 is 0 Å². The first-order valence-corrected chi connectivity index (χ1v) is 9.59. The summed E-state index contributed by atoms with van der Waals surface area (Å²) in [5.41, 5.74) is 2.12. The van der Waals surface area contributed by atoms with Crippen molar-refractivity contribution in [1.29, 1.82) is 0 Å². The Labute approximate surface area is 173 Å². The lowest BCUT2D eigenvalue weighted by Crippen LogP contribution is -2.38. The molecular formula is C22H31N3O4. The van der Waals surface area contributed by atoms with E-state index in [1.54, 1.807) is 28.4 Å². The van der Waals surface area contributed by atoms with Crippen LogP contribution < -0.4 is 29.6 Å². The number of rotatable bonds is 10. The Hall–Kier alpha value is -3.09. The zero-order chi connectivity index (χ0) is 21.1. The number of nitrogens with zero attached hydrogens (tertiary/aromatic N) is 1. The first-order valence-electron chi connectivity index (χ1n) is 9.59. The van der Waals surface area contributed by atoms with E-state index in [4.69, 9.17) is 18.9 Å². The van der Waals surface area contributed by atoms with E-state index in [1.807, 2.05) is 43.3 Å². The monoisotopic (exact) mass is 401 g/mol. The number of guanidine groups is 1. The average molecular weight is 402 g/mol. The number of hydrogen-bond donors (Lipinski definition) is 2. The molecule has 0 aliphatic rings. The zero-order valence-corrected chi connectivity index (χ0v) is 17.9.